The Morgan fingerprint density at radius 1 is 0.382 bits per heavy atom. The van der Waals surface area contributed by atoms with Gasteiger partial charge >= 0.3 is 0 Å². The van der Waals surface area contributed by atoms with Crippen LogP contribution in [0.5, 0.6) is 11.5 Å². The zero-order valence-corrected chi connectivity index (χ0v) is 87.8. The summed E-state index contributed by atoms with van der Waals surface area (Å²) in [6.45, 7) is 44.9. The van der Waals surface area contributed by atoms with Crippen LogP contribution in [0, 0.1) is 68.2 Å². The molecule has 0 aliphatic carbocycles. The van der Waals surface area contributed by atoms with Crippen LogP contribution in [0.2, 0.25) is 0 Å². The molecule has 4 saturated heterocycles. The van der Waals surface area contributed by atoms with Gasteiger partial charge in [0.25, 0.3) is 0 Å². The molecule has 0 unspecified atom stereocenters. The molecular weight excluding hydrogens is 1780 g/mol. The fraction of sp³-hybridized carbons (Fsp3) is 0.336. The number of para-hydroxylation sites is 3. The molecule has 144 heavy (non-hydrogen) atoms. The van der Waals surface area contributed by atoms with Crippen LogP contribution in [0.3, 0.4) is 0 Å². The Hall–Kier alpha value is -13.6. The molecule has 754 valence electrons. The topological polar surface area (TPSA) is 189 Å². The highest BCUT2D eigenvalue weighted by atomic mass is 16.5. The number of nitrogens with zero attached hydrogens (tertiary/aromatic N) is 9. The molecular formula is C125H152N12O7. The molecule has 0 spiro atoms. The second-order valence-electron chi connectivity index (χ2n) is 37.0. The molecule has 4 aliphatic rings. The van der Waals surface area contributed by atoms with Gasteiger partial charge in [-0.05, 0) is 282 Å². The summed E-state index contributed by atoms with van der Waals surface area (Å²) in [4.78, 5) is 34.0. The van der Waals surface area contributed by atoms with Crippen LogP contribution >= 0.6 is 0 Å². The molecule has 19 heteroatoms. The minimum absolute atomic E-state index is 0.589. The quantitative estimate of drug-likeness (QED) is 0.0417. The molecule has 0 saturated carbocycles. The number of hydrogen-bond donors (Lipinski definition) is 3. The van der Waals surface area contributed by atoms with E-state index in [1.54, 1.807) is 14.2 Å². The van der Waals surface area contributed by atoms with Gasteiger partial charge in [-0.3, -0.25) is 5.10 Å². The predicted molar refractivity (Wildman–Crippen MR) is 604 cm³/mol. The van der Waals surface area contributed by atoms with E-state index in [0.29, 0.717) is 13.2 Å². The number of rotatable bonds is 18. The van der Waals surface area contributed by atoms with Gasteiger partial charge in [0.05, 0.1) is 81.7 Å². The lowest BCUT2D eigenvalue weighted by atomic mass is 9.98. The normalized spacial score (nSPS) is 13.4. The summed E-state index contributed by atoms with van der Waals surface area (Å²) in [6.07, 6.45) is 14.4. The molecule has 3 N–H and O–H groups in total. The maximum atomic E-state index is 5.58. The van der Waals surface area contributed by atoms with Gasteiger partial charge in [-0.15, -0.1) is 0 Å². The van der Waals surface area contributed by atoms with Crippen molar-refractivity contribution in [2.45, 2.75) is 135 Å². The number of H-pyrrole nitrogens is 3. The lowest BCUT2D eigenvalue weighted by Crippen LogP contribution is -2.36. The molecule has 4 aliphatic heterocycles. The largest absolute Gasteiger partial charge is 0.494 e. The Bertz CT molecular complexity index is 6680. The number of nitrogens with one attached hydrogen (secondary N) is 3. The number of likely N-dealkylation sites (tertiary alicyclic amines) is 1. The van der Waals surface area contributed by atoms with Gasteiger partial charge in [0.15, 0.2) is 0 Å². The van der Waals surface area contributed by atoms with Crippen LogP contribution in [0.25, 0.3) is 87.3 Å². The van der Waals surface area contributed by atoms with Gasteiger partial charge in [0.1, 0.15) is 35.6 Å². The first-order valence-corrected chi connectivity index (χ1v) is 51.5. The number of methoxy groups -OCH3 is 2. The minimum Gasteiger partial charge on any atom is -0.494 e. The Morgan fingerprint density at radius 2 is 0.924 bits per heavy atom. The van der Waals surface area contributed by atoms with Gasteiger partial charge in [-0.2, -0.15) is 5.10 Å². The second-order valence-corrected chi connectivity index (χ2v) is 37.0. The zero-order chi connectivity index (χ0) is 101. The molecule has 0 bridgehead atoms. The maximum Gasteiger partial charge on any atom is 0.129 e. The van der Waals surface area contributed by atoms with Crippen molar-refractivity contribution in [2.24, 2.45) is 5.92 Å². The Labute approximate surface area is 855 Å². The fourth-order valence-corrected chi connectivity index (χ4v) is 17.4. The number of piperidine rings is 1. The van der Waals surface area contributed by atoms with Gasteiger partial charge < -0.3 is 62.7 Å². The number of aromatic nitrogens is 8. The van der Waals surface area contributed by atoms with E-state index in [2.05, 4.69) is 349 Å². The number of anilines is 3. The smallest absolute Gasteiger partial charge is 0.129 e. The third-order valence-corrected chi connectivity index (χ3v) is 25.7. The van der Waals surface area contributed by atoms with Gasteiger partial charge in [0.2, 0.25) is 0 Å². The van der Waals surface area contributed by atoms with E-state index in [0.717, 1.165) is 192 Å². The van der Waals surface area contributed by atoms with Crippen LogP contribution in [0.15, 0.2) is 310 Å². The number of pyridine rings is 4. The van der Waals surface area contributed by atoms with E-state index in [4.69, 9.17) is 38.1 Å². The van der Waals surface area contributed by atoms with Crippen molar-refractivity contribution < 1.29 is 33.2 Å². The van der Waals surface area contributed by atoms with E-state index < -0.39 is 0 Å². The third kappa shape index (κ3) is 34.6. The number of ether oxygens (including phenoxy) is 7. The molecule has 0 amide bonds. The molecule has 7 aromatic heterocycles. The van der Waals surface area contributed by atoms with E-state index in [-0.39, 0.29) is 0 Å². The van der Waals surface area contributed by atoms with Crippen molar-refractivity contribution in [3.8, 4) is 22.8 Å². The molecule has 19 nitrogen and oxygen atoms in total. The first-order chi connectivity index (χ1) is 70.3. The van der Waals surface area contributed by atoms with Crippen LogP contribution in [0.1, 0.15) is 121 Å². The van der Waals surface area contributed by atoms with Crippen LogP contribution < -0.4 is 24.2 Å². The van der Waals surface area contributed by atoms with Gasteiger partial charge in [0, 0.05) is 134 Å². The number of hydrogen-bond acceptors (Lipinski definition) is 16. The first-order valence-electron chi connectivity index (χ1n) is 51.5. The lowest BCUT2D eigenvalue weighted by molar-refractivity contribution is 0.122. The minimum atomic E-state index is 0.589. The van der Waals surface area contributed by atoms with Crippen molar-refractivity contribution >= 4 is 93.5 Å². The van der Waals surface area contributed by atoms with Crippen molar-refractivity contribution in [1.82, 2.24) is 45.0 Å². The monoisotopic (exact) mass is 1930 g/mol. The Balaban J connectivity index is 0.000000142. The molecule has 0 radical (unpaired) electrons. The summed E-state index contributed by atoms with van der Waals surface area (Å²) in [5, 5.41) is 18.6. The average molecular weight is 1930 g/mol. The average Bonchev–Trinajstić information content (AvgIpc) is 1.28. The highest BCUT2D eigenvalue weighted by Crippen LogP contribution is 2.31. The maximum absolute atomic E-state index is 5.58. The zero-order valence-electron chi connectivity index (χ0n) is 87.8. The number of morpholine rings is 3. The van der Waals surface area contributed by atoms with E-state index in [9.17, 15) is 0 Å². The molecule has 18 aromatic rings. The number of fused-ring (bicyclic) bond motifs is 8. The number of aromatic amines is 3. The van der Waals surface area contributed by atoms with Gasteiger partial charge in [-0.25, -0.2) is 19.9 Å². The first kappa shape index (κ1) is 109. The number of benzene rings is 11. The summed E-state index contributed by atoms with van der Waals surface area (Å²) < 4.78 is 37.1. The molecule has 11 heterocycles. The SMILES string of the molecule is CCCCOc1ccc(CCC)cc1.CCc1ccccc1.COCCN1CCC(C)CC1.COCCOc1ccc2[nH]cc(C)c2c1.Cc1[nH]nc2ccccc12.Cc1c2ccccc2nc2ccccc12.Cc1cc(-c2ccccc2)nc(N2CCOCC2)c1.Cc1cc(C)nc(N2CCOCC2)c1.Cc1cc2ccccc2c2ccccc12.Cc1cccc2[nH]ccc12.Cc1ccnc(N2CCOCC2)c1. The van der Waals surface area contributed by atoms with Crippen molar-refractivity contribution in [3.63, 3.8) is 0 Å². The predicted octanol–water partition coefficient (Wildman–Crippen LogP) is 27.9. The summed E-state index contributed by atoms with van der Waals surface area (Å²) >= 11 is 0. The highest BCUT2D eigenvalue weighted by Gasteiger charge is 2.19. The van der Waals surface area contributed by atoms with Crippen molar-refractivity contribution in [2.75, 3.05) is 154 Å². The molecule has 22 rings (SSSR count). The Kier molecular flexibility index (Phi) is 45.1. The van der Waals surface area contributed by atoms with Crippen LogP contribution in [-0.4, -0.2) is 184 Å². The highest BCUT2D eigenvalue weighted by molar-refractivity contribution is 6.09. The lowest BCUT2D eigenvalue weighted by Gasteiger charge is -2.29. The summed E-state index contributed by atoms with van der Waals surface area (Å²) in [7, 11) is 3.44. The number of aryl methyl sites for hydroxylation is 11. The third-order valence-electron chi connectivity index (χ3n) is 25.7. The molecule has 0 atom stereocenters. The fourth-order valence-electron chi connectivity index (χ4n) is 17.4. The summed E-state index contributed by atoms with van der Waals surface area (Å²) in [5.74, 6) is 6.05. The van der Waals surface area contributed by atoms with Crippen molar-refractivity contribution in [3.05, 3.63) is 371 Å². The second kappa shape index (κ2) is 59.4. The standard InChI is InChI=1S/C16H18N2O.C15H12.C14H11N.C13H20O.C12H15NO2.C11H16N2O.C10H14N2O.C9H19NO.C9H9N.C8H8N2.C8H10/c1-13-11-15(14-5-3-2-4-6-14)17-16(12-13)18-7-9-19-10-8-18;1-11-10-12-6-2-3-8-14(12)15-9-5-4-7-13(11)15;1-10-11-6-2-4-8-13(11)15-14-9-5-3-7-12(10)14;1-3-5-11-14-13-9-7-12(6-4-2)8-10-13;1-9-8-13-12-4-3-10(7-11(9)12)15-6-5-14-2;1-9-7-10(2)12-11(8-9)13-3-5-14-6-4-13;1-9-2-3-11-10(8-9)12-4-6-13-7-5-12;1-9-3-5-10(6-4-9)7-8-11-2;1-7-3-2-4-9-8(7)5-6-10-9;1-6-7-4-2-3-5-8(7)10-9-6;1-2-8-6-4-3-5-7-8/h2-6,11-12H,7-10H2,1H3;2-10H,1H3;2-9H,1H3;7-10H,3-6,11H2,1-2H3;3-4,7-8,13H,5-6H2,1-2H3;7-8H,3-6H2,1-2H3;2-3,8H,4-7H2,1H3;9H,3-8H2,1-2H3;2-6,10H,1H3;2-5H,1H3,(H,9,10);3-7H,2H2,1H3. The number of unbranched alkanes of at least 4 members (excludes halogenated alkanes) is 1. The summed E-state index contributed by atoms with van der Waals surface area (Å²) in [5.41, 5.74) is 21.8. The molecule has 11 aromatic carbocycles. The van der Waals surface area contributed by atoms with E-state index >= 15 is 0 Å². The van der Waals surface area contributed by atoms with Crippen LogP contribution in [-0.2, 0) is 36.5 Å². The van der Waals surface area contributed by atoms with Crippen LogP contribution in [0.4, 0.5) is 17.5 Å². The van der Waals surface area contributed by atoms with Gasteiger partial charge in [-0.1, -0.05) is 235 Å². The molecule has 4 fully saturated rings. The van der Waals surface area contributed by atoms with Crippen molar-refractivity contribution in [1.29, 1.82) is 0 Å². The summed E-state index contributed by atoms with van der Waals surface area (Å²) in [6, 6.07) is 100. The Morgan fingerprint density at radius 3 is 1.51 bits per heavy atom. The van der Waals surface area contributed by atoms with E-state index in [1.165, 1.54) is 148 Å². The van der Waals surface area contributed by atoms with E-state index in [1.807, 2.05) is 105 Å².